The molecule has 2 saturated carbocycles. The van der Waals surface area contributed by atoms with Gasteiger partial charge in [-0.05, 0) is 38.5 Å². The molecule has 1 spiro atoms. The van der Waals surface area contributed by atoms with Crippen molar-refractivity contribution in [3.8, 4) is 0 Å². The van der Waals surface area contributed by atoms with Crippen molar-refractivity contribution in [2.75, 3.05) is 26.8 Å². The third kappa shape index (κ3) is 2.16. The number of ether oxygens (including phenoxy) is 2. The summed E-state index contributed by atoms with van der Waals surface area (Å²) in [6, 6.07) is 0. The summed E-state index contributed by atoms with van der Waals surface area (Å²) in [5.74, 6) is 0.666. The SMILES string of the molecule is COCC1CN(C(=O)C2CC23CC3)CC(C)(C)O1. The van der Waals surface area contributed by atoms with Crippen LogP contribution in [0.3, 0.4) is 0 Å². The maximum absolute atomic E-state index is 12.5. The fourth-order valence-electron chi connectivity index (χ4n) is 3.37. The summed E-state index contributed by atoms with van der Waals surface area (Å²) in [6.45, 7) is 6.05. The molecule has 102 valence electrons. The maximum Gasteiger partial charge on any atom is 0.226 e. The van der Waals surface area contributed by atoms with Gasteiger partial charge in [0.25, 0.3) is 0 Å². The Morgan fingerprint density at radius 1 is 1.44 bits per heavy atom. The fraction of sp³-hybridized carbons (Fsp3) is 0.929. The molecule has 1 amide bonds. The van der Waals surface area contributed by atoms with E-state index in [1.165, 1.54) is 12.8 Å². The van der Waals surface area contributed by atoms with Crippen LogP contribution < -0.4 is 0 Å². The monoisotopic (exact) mass is 253 g/mol. The zero-order valence-electron chi connectivity index (χ0n) is 11.6. The molecular formula is C14H23NO3. The predicted molar refractivity (Wildman–Crippen MR) is 67.2 cm³/mol. The summed E-state index contributed by atoms with van der Waals surface area (Å²) >= 11 is 0. The van der Waals surface area contributed by atoms with E-state index in [9.17, 15) is 4.79 Å². The van der Waals surface area contributed by atoms with Crippen molar-refractivity contribution >= 4 is 5.91 Å². The minimum atomic E-state index is -0.261. The van der Waals surface area contributed by atoms with Crippen LogP contribution in [0, 0.1) is 11.3 Å². The zero-order chi connectivity index (χ0) is 13.0. The molecule has 0 aromatic carbocycles. The molecule has 2 unspecified atom stereocenters. The lowest BCUT2D eigenvalue weighted by Crippen LogP contribution is -2.56. The molecule has 1 heterocycles. The van der Waals surface area contributed by atoms with Crippen molar-refractivity contribution < 1.29 is 14.3 Å². The summed E-state index contributed by atoms with van der Waals surface area (Å²) in [6.07, 6.45) is 3.66. The lowest BCUT2D eigenvalue weighted by Gasteiger charge is -2.42. The van der Waals surface area contributed by atoms with E-state index in [2.05, 4.69) is 13.8 Å². The Labute approximate surface area is 109 Å². The molecule has 18 heavy (non-hydrogen) atoms. The van der Waals surface area contributed by atoms with Crippen molar-refractivity contribution in [1.82, 2.24) is 4.90 Å². The van der Waals surface area contributed by atoms with Crippen LogP contribution in [0.15, 0.2) is 0 Å². The van der Waals surface area contributed by atoms with E-state index in [0.29, 0.717) is 36.9 Å². The van der Waals surface area contributed by atoms with Gasteiger partial charge in [0, 0.05) is 26.1 Å². The number of carbonyl (C=O) groups is 1. The number of hydrogen-bond acceptors (Lipinski definition) is 3. The molecule has 3 rings (SSSR count). The Balaban J connectivity index is 1.65. The first-order valence-corrected chi connectivity index (χ1v) is 6.91. The smallest absolute Gasteiger partial charge is 0.226 e. The highest BCUT2D eigenvalue weighted by atomic mass is 16.5. The first-order valence-electron chi connectivity index (χ1n) is 6.91. The maximum atomic E-state index is 12.5. The number of methoxy groups -OCH3 is 1. The standard InChI is InChI=1S/C14H23NO3/c1-13(2)9-15(7-10(18-13)8-17-3)12(16)11-6-14(11)4-5-14/h10-11H,4-9H2,1-3H3. The van der Waals surface area contributed by atoms with Gasteiger partial charge in [-0.1, -0.05) is 0 Å². The van der Waals surface area contributed by atoms with Crippen molar-refractivity contribution in [2.24, 2.45) is 11.3 Å². The summed E-state index contributed by atoms with van der Waals surface area (Å²) in [4.78, 5) is 14.5. The molecule has 3 aliphatic rings. The van der Waals surface area contributed by atoms with E-state index in [1.54, 1.807) is 7.11 Å². The largest absolute Gasteiger partial charge is 0.382 e. The number of hydrogen-bond donors (Lipinski definition) is 0. The van der Waals surface area contributed by atoms with Gasteiger partial charge in [-0.3, -0.25) is 4.79 Å². The second-order valence-electron chi connectivity index (χ2n) is 6.79. The quantitative estimate of drug-likeness (QED) is 0.764. The Morgan fingerprint density at radius 2 is 2.17 bits per heavy atom. The van der Waals surface area contributed by atoms with Gasteiger partial charge in [0.1, 0.15) is 0 Å². The summed E-state index contributed by atoms with van der Waals surface area (Å²) in [7, 11) is 1.68. The number of carbonyl (C=O) groups excluding carboxylic acids is 1. The van der Waals surface area contributed by atoms with Gasteiger partial charge < -0.3 is 14.4 Å². The third-order valence-electron chi connectivity index (χ3n) is 4.53. The van der Waals surface area contributed by atoms with Gasteiger partial charge in [0.15, 0.2) is 0 Å². The van der Waals surface area contributed by atoms with Gasteiger partial charge in [-0.25, -0.2) is 0 Å². The predicted octanol–water partition coefficient (Wildman–Crippen LogP) is 1.44. The average molecular weight is 253 g/mol. The molecule has 2 aliphatic carbocycles. The summed E-state index contributed by atoms with van der Waals surface area (Å²) in [5, 5.41) is 0. The second kappa shape index (κ2) is 3.94. The van der Waals surface area contributed by atoms with E-state index in [4.69, 9.17) is 9.47 Å². The third-order valence-corrected chi connectivity index (χ3v) is 4.53. The summed E-state index contributed by atoms with van der Waals surface area (Å²) < 4.78 is 11.1. The Kier molecular flexibility index (Phi) is 2.72. The minimum absolute atomic E-state index is 0.0107. The second-order valence-corrected chi connectivity index (χ2v) is 6.79. The number of rotatable bonds is 3. The average Bonchev–Trinajstić information content (AvgIpc) is 3.17. The van der Waals surface area contributed by atoms with Gasteiger partial charge in [0.2, 0.25) is 5.91 Å². The van der Waals surface area contributed by atoms with Crippen LogP contribution in [0.4, 0.5) is 0 Å². The van der Waals surface area contributed by atoms with Crippen molar-refractivity contribution in [2.45, 2.75) is 44.8 Å². The van der Waals surface area contributed by atoms with Crippen molar-refractivity contribution in [3.63, 3.8) is 0 Å². The molecule has 1 aliphatic heterocycles. The van der Waals surface area contributed by atoms with Crippen molar-refractivity contribution in [1.29, 1.82) is 0 Å². The van der Waals surface area contributed by atoms with Gasteiger partial charge >= 0.3 is 0 Å². The van der Waals surface area contributed by atoms with Crippen LogP contribution in [-0.2, 0) is 14.3 Å². The van der Waals surface area contributed by atoms with E-state index in [1.807, 2.05) is 4.90 Å². The number of amides is 1. The molecule has 2 atom stereocenters. The Morgan fingerprint density at radius 3 is 2.72 bits per heavy atom. The first kappa shape index (κ1) is 12.4. The molecular weight excluding hydrogens is 230 g/mol. The molecule has 1 saturated heterocycles. The minimum Gasteiger partial charge on any atom is -0.382 e. The van der Waals surface area contributed by atoms with Gasteiger partial charge in [-0.2, -0.15) is 0 Å². The van der Waals surface area contributed by atoms with Gasteiger partial charge in [-0.15, -0.1) is 0 Å². The highest BCUT2D eigenvalue weighted by Gasteiger charge is 2.66. The Hall–Kier alpha value is -0.610. The van der Waals surface area contributed by atoms with Crippen LogP contribution in [-0.4, -0.2) is 49.3 Å². The summed E-state index contributed by atoms with van der Waals surface area (Å²) in [5.41, 5.74) is 0.180. The van der Waals surface area contributed by atoms with Crippen LogP contribution >= 0.6 is 0 Å². The van der Waals surface area contributed by atoms with Crippen molar-refractivity contribution in [3.05, 3.63) is 0 Å². The molecule has 4 nitrogen and oxygen atoms in total. The van der Waals surface area contributed by atoms with E-state index >= 15 is 0 Å². The normalized spacial score (nSPS) is 35.6. The van der Waals surface area contributed by atoms with Crippen LogP contribution in [0.25, 0.3) is 0 Å². The molecule has 0 aromatic rings. The van der Waals surface area contributed by atoms with E-state index in [-0.39, 0.29) is 11.7 Å². The molecule has 3 fully saturated rings. The van der Waals surface area contributed by atoms with Crippen LogP contribution in [0.1, 0.15) is 33.1 Å². The number of morpholine rings is 1. The van der Waals surface area contributed by atoms with Crippen LogP contribution in [0.5, 0.6) is 0 Å². The number of nitrogens with zero attached hydrogens (tertiary/aromatic N) is 1. The topological polar surface area (TPSA) is 38.8 Å². The molecule has 4 heteroatoms. The molecule has 0 aromatic heterocycles. The zero-order valence-corrected chi connectivity index (χ0v) is 11.6. The van der Waals surface area contributed by atoms with Crippen LogP contribution in [0.2, 0.25) is 0 Å². The van der Waals surface area contributed by atoms with E-state index in [0.717, 1.165) is 6.42 Å². The lowest BCUT2D eigenvalue weighted by molar-refractivity contribution is -0.170. The molecule has 0 bridgehead atoms. The van der Waals surface area contributed by atoms with Gasteiger partial charge in [0.05, 0.1) is 18.3 Å². The lowest BCUT2D eigenvalue weighted by atomic mass is 10.0. The molecule has 0 radical (unpaired) electrons. The molecule has 0 N–H and O–H groups in total. The Bertz CT molecular complexity index is 362. The van der Waals surface area contributed by atoms with E-state index < -0.39 is 0 Å². The highest BCUT2D eigenvalue weighted by Crippen LogP contribution is 2.71. The first-order chi connectivity index (χ1) is 8.46. The highest BCUT2D eigenvalue weighted by molar-refractivity contribution is 5.83. The fourth-order valence-corrected chi connectivity index (χ4v) is 3.37.